The van der Waals surface area contributed by atoms with Gasteiger partial charge in [0.2, 0.25) is 0 Å². The zero-order chi connectivity index (χ0) is 30.3. The van der Waals surface area contributed by atoms with E-state index < -0.39 is 12.0 Å². The van der Waals surface area contributed by atoms with Crippen LogP contribution in [0.2, 0.25) is 5.02 Å². The first-order valence-corrected chi connectivity index (χ1v) is 14.8. The molecule has 3 amide bonds. The number of likely N-dealkylation sites (N-methyl/N-ethyl adjacent to an activating group) is 1. The number of benzene rings is 3. The van der Waals surface area contributed by atoms with E-state index in [1.54, 1.807) is 36.1 Å². The van der Waals surface area contributed by atoms with Crippen LogP contribution in [0.25, 0.3) is 0 Å². The lowest BCUT2D eigenvalue weighted by atomic mass is 9.94. The molecule has 0 radical (unpaired) electrons. The lowest BCUT2D eigenvalue weighted by Crippen LogP contribution is -2.53. The molecule has 224 valence electrons. The largest absolute Gasteiger partial charge is 0.463 e. The number of rotatable bonds is 9. The third kappa shape index (κ3) is 7.01. The molecule has 0 aromatic heterocycles. The fourth-order valence-corrected chi connectivity index (χ4v) is 5.51. The van der Waals surface area contributed by atoms with E-state index in [-0.39, 0.29) is 18.5 Å². The van der Waals surface area contributed by atoms with E-state index in [1.807, 2.05) is 66.4 Å². The molecule has 43 heavy (non-hydrogen) atoms. The second-order valence-corrected chi connectivity index (χ2v) is 10.7. The lowest BCUT2D eigenvalue weighted by molar-refractivity contribution is -0.139. The summed E-state index contributed by atoms with van der Waals surface area (Å²) >= 11 is 5.98. The normalized spacial score (nSPS) is 17.5. The third-order valence-electron chi connectivity index (χ3n) is 7.54. The maximum absolute atomic E-state index is 13.5. The van der Waals surface area contributed by atoms with E-state index in [0.717, 1.165) is 0 Å². The fraction of sp³-hybridized carbons (Fsp3) is 0.303. The maximum atomic E-state index is 13.5. The number of ether oxygens (including phenoxy) is 2. The van der Waals surface area contributed by atoms with Crippen LogP contribution in [0, 0.1) is 0 Å². The van der Waals surface area contributed by atoms with E-state index in [9.17, 15) is 14.4 Å². The Morgan fingerprint density at radius 3 is 2.28 bits per heavy atom. The van der Waals surface area contributed by atoms with Crippen LogP contribution in [0.5, 0.6) is 11.5 Å². The molecule has 3 aromatic rings. The van der Waals surface area contributed by atoms with Gasteiger partial charge in [-0.1, -0.05) is 41.9 Å². The Morgan fingerprint density at radius 2 is 1.60 bits per heavy atom. The number of piperazine rings is 1. The lowest BCUT2D eigenvalue weighted by Gasteiger charge is -2.40. The van der Waals surface area contributed by atoms with Crippen LogP contribution in [0.15, 0.2) is 90.1 Å². The van der Waals surface area contributed by atoms with Gasteiger partial charge in [0.1, 0.15) is 11.5 Å². The molecule has 10 heteroatoms. The van der Waals surface area contributed by atoms with Crippen LogP contribution in [-0.2, 0) is 9.53 Å². The number of para-hydroxylation sites is 1. The Hall–Kier alpha value is -4.34. The number of urea groups is 1. The second-order valence-electron chi connectivity index (χ2n) is 10.3. The van der Waals surface area contributed by atoms with Crippen LogP contribution in [0.3, 0.4) is 0 Å². The molecular formula is C33H35ClN4O5. The van der Waals surface area contributed by atoms with Crippen molar-refractivity contribution < 1.29 is 23.9 Å². The third-order valence-corrected chi connectivity index (χ3v) is 7.80. The maximum Gasteiger partial charge on any atom is 0.338 e. The Kier molecular flexibility index (Phi) is 9.64. The quantitative estimate of drug-likeness (QED) is 0.326. The van der Waals surface area contributed by atoms with Crippen molar-refractivity contribution >= 4 is 29.5 Å². The number of carbonyl (C=O) groups excluding carboxylic acids is 3. The van der Waals surface area contributed by atoms with E-state index in [2.05, 4.69) is 10.2 Å². The Balaban J connectivity index is 1.41. The van der Waals surface area contributed by atoms with Gasteiger partial charge in [0.15, 0.2) is 0 Å². The van der Waals surface area contributed by atoms with Gasteiger partial charge in [-0.05, 0) is 67.9 Å². The van der Waals surface area contributed by atoms with Gasteiger partial charge in [-0.25, -0.2) is 9.59 Å². The number of nitrogens with one attached hydrogen (secondary N) is 1. The molecule has 5 rings (SSSR count). The first kappa shape index (κ1) is 30.1. The summed E-state index contributed by atoms with van der Waals surface area (Å²) in [5, 5.41) is 3.60. The highest BCUT2D eigenvalue weighted by Crippen LogP contribution is 2.34. The monoisotopic (exact) mass is 602 g/mol. The molecule has 0 bridgehead atoms. The number of hydrogen-bond donors (Lipinski definition) is 1. The molecule has 1 fully saturated rings. The Bertz CT molecular complexity index is 1490. The van der Waals surface area contributed by atoms with E-state index in [1.165, 1.54) is 0 Å². The minimum Gasteiger partial charge on any atom is -0.463 e. The summed E-state index contributed by atoms with van der Waals surface area (Å²) in [7, 11) is 0. The summed E-state index contributed by atoms with van der Waals surface area (Å²) < 4.78 is 11.6. The van der Waals surface area contributed by atoms with Crippen molar-refractivity contribution in [2.24, 2.45) is 0 Å². The zero-order valence-corrected chi connectivity index (χ0v) is 25.0. The summed E-state index contributed by atoms with van der Waals surface area (Å²) in [5.74, 6) is 0.738. The summed E-state index contributed by atoms with van der Waals surface area (Å²) in [6.07, 6.45) is 0. The molecule has 2 aliphatic heterocycles. The number of carbonyl (C=O) groups is 3. The highest BCUT2D eigenvalue weighted by atomic mass is 35.5. The van der Waals surface area contributed by atoms with Gasteiger partial charge in [0.25, 0.3) is 5.91 Å². The predicted molar refractivity (Wildman–Crippen MR) is 164 cm³/mol. The van der Waals surface area contributed by atoms with E-state index in [4.69, 9.17) is 21.1 Å². The van der Waals surface area contributed by atoms with Crippen LogP contribution >= 0.6 is 11.6 Å². The molecule has 1 atom stereocenters. The summed E-state index contributed by atoms with van der Waals surface area (Å²) in [4.78, 5) is 45.5. The average molecular weight is 603 g/mol. The van der Waals surface area contributed by atoms with Crippen molar-refractivity contribution in [3.8, 4) is 11.5 Å². The predicted octanol–water partition coefficient (Wildman–Crippen LogP) is 5.49. The first-order valence-electron chi connectivity index (χ1n) is 14.5. The molecule has 1 saturated heterocycles. The van der Waals surface area contributed by atoms with Crippen molar-refractivity contribution in [2.75, 3.05) is 45.9 Å². The topological polar surface area (TPSA) is 91.4 Å². The number of nitrogens with zero attached hydrogens (tertiary/aromatic N) is 3. The molecule has 9 nitrogen and oxygen atoms in total. The van der Waals surface area contributed by atoms with E-state index >= 15 is 0 Å². The Labute approximate surface area is 256 Å². The molecule has 0 unspecified atom stereocenters. The van der Waals surface area contributed by atoms with Crippen LogP contribution < -0.4 is 10.1 Å². The average Bonchev–Trinajstić information content (AvgIpc) is 3.02. The van der Waals surface area contributed by atoms with Gasteiger partial charge in [-0.3, -0.25) is 14.6 Å². The smallest absolute Gasteiger partial charge is 0.338 e. The van der Waals surface area contributed by atoms with Gasteiger partial charge >= 0.3 is 12.0 Å². The molecule has 0 saturated carbocycles. The second kappa shape index (κ2) is 13.8. The van der Waals surface area contributed by atoms with Gasteiger partial charge < -0.3 is 19.7 Å². The molecule has 1 N–H and O–H groups in total. The molecule has 2 aliphatic rings. The van der Waals surface area contributed by atoms with Gasteiger partial charge in [0, 0.05) is 55.6 Å². The summed E-state index contributed by atoms with van der Waals surface area (Å²) in [5.41, 5.74) is 2.28. The molecule has 2 heterocycles. The number of amides is 3. The molecule has 3 aromatic carbocycles. The number of esters is 1. The highest BCUT2D eigenvalue weighted by Gasteiger charge is 2.39. The van der Waals surface area contributed by atoms with Crippen molar-refractivity contribution in [2.45, 2.75) is 19.9 Å². The van der Waals surface area contributed by atoms with E-state index in [0.29, 0.717) is 78.2 Å². The zero-order valence-electron chi connectivity index (χ0n) is 24.3. The molecule has 0 spiro atoms. The minimum atomic E-state index is -0.726. The SMILES string of the molecule is CCOC(=O)C1=C(CN2CCN(C(=O)c3ccc(Cl)cc3)CC2)N(CC)C(=O)N[C@H]1c1cccc(Oc2ccccc2)c1. The van der Waals surface area contributed by atoms with Gasteiger partial charge in [-0.15, -0.1) is 0 Å². The molecule has 0 aliphatic carbocycles. The summed E-state index contributed by atoms with van der Waals surface area (Å²) in [6, 6.07) is 22.6. The van der Waals surface area contributed by atoms with Crippen molar-refractivity contribution in [1.82, 2.24) is 20.0 Å². The van der Waals surface area contributed by atoms with Crippen molar-refractivity contribution in [1.29, 1.82) is 0 Å². The molecular weight excluding hydrogens is 568 g/mol. The van der Waals surface area contributed by atoms with Crippen LogP contribution in [0.4, 0.5) is 4.79 Å². The van der Waals surface area contributed by atoms with Crippen LogP contribution in [-0.4, -0.2) is 78.5 Å². The highest BCUT2D eigenvalue weighted by molar-refractivity contribution is 6.30. The number of hydrogen-bond acceptors (Lipinski definition) is 6. The Morgan fingerprint density at radius 1 is 0.907 bits per heavy atom. The number of halogens is 1. The van der Waals surface area contributed by atoms with Crippen molar-refractivity contribution in [3.05, 3.63) is 106 Å². The van der Waals surface area contributed by atoms with Gasteiger partial charge in [0.05, 0.1) is 18.2 Å². The first-order chi connectivity index (χ1) is 20.9. The van der Waals surface area contributed by atoms with Crippen molar-refractivity contribution in [3.63, 3.8) is 0 Å². The standard InChI is InChI=1S/C33H35ClN4O5/c1-3-38-28(22-36-17-19-37(20-18-36)31(39)23-13-15-25(34)16-14-23)29(32(40)42-4-2)30(35-33(38)41)24-9-8-12-27(21-24)43-26-10-6-5-7-11-26/h5-16,21,30H,3-4,17-20,22H2,1-2H3,(H,35,41)/t30-/m0/s1. The van der Waals surface area contributed by atoms with Crippen LogP contribution in [0.1, 0.15) is 35.8 Å². The fourth-order valence-electron chi connectivity index (χ4n) is 5.39. The minimum absolute atomic E-state index is 0.0485. The summed E-state index contributed by atoms with van der Waals surface area (Å²) in [6.45, 7) is 6.78. The van der Waals surface area contributed by atoms with Gasteiger partial charge in [-0.2, -0.15) is 0 Å².